The van der Waals surface area contributed by atoms with Gasteiger partial charge in [-0.15, -0.1) is 10.2 Å². The molecule has 0 bridgehead atoms. The second-order valence-electron chi connectivity index (χ2n) is 4.87. The van der Waals surface area contributed by atoms with Gasteiger partial charge >= 0.3 is 0 Å². The standard InChI is InChI=1S/C13H23N5O/c1-4-15-13(19)11-5-6-12(18-17-11)16-10(8-14)7-9(2)3/h5-6,9-10H,4,7-8,14H2,1-3H3,(H,15,19)(H,16,18). The summed E-state index contributed by atoms with van der Waals surface area (Å²) in [5.41, 5.74) is 6.03. The van der Waals surface area contributed by atoms with Crippen LogP contribution in [0.25, 0.3) is 0 Å². The van der Waals surface area contributed by atoms with Crippen molar-refractivity contribution >= 4 is 11.7 Å². The van der Waals surface area contributed by atoms with Crippen molar-refractivity contribution in [2.75, 3.05) is 18.4 Å². The fraction of sp³-hybridized carbons (Fsp3) is 0.615. The Morgan fingerprint density at radius 2 is 2.11 bits per heavy atom. The number of nitrogens with zero attached hydrogens (tertiary/aromatic N) is 2. The van der Waals surface area contributed by atoms with Crippen molar-refractivity contribution in [1.82, 2.24) is 15.5 Å². The van der Waals surface area contributed by atoms with E-state index >= 15 is 0 Å². The largest absolute Gasteiger partial charge is 0.365 e. The first-order chi connectivity index (χ1) is 9.06. The highest BCUT2D eigenvalue weighted by atomic mass is 16.1. The Balaban J connectivity index is 2.62. The van der Waals surface area contributed by atoms with Crippen molar-refractivity contribution in [3.05, 3.63) is 17.8 Å². The van der Waals surface area contributed by atoms with Gasteiger partial charge in [-0.3, -0.25) is 4.79 Å². The number of nitrogens with two attached hydrogens (primary N) is 1. The molecule has 0 fully saturated rings. The van der Waals surface area contributed by atoms with Gasteiger partial charge in [-0.05, 0) is 31.4 Å². The van der Waals surface area contributed by atoms with E-state index in [2.05, 4.69) is 34.7 Å². The highest BCUT2D eigenvalue weighted by Gasteiger charge is 2.11. The molecule has 1 rings (SSSR count). The molecule has 1 heterocycles. The van der Waals surface area contributed by atoms with Crippen LogP contribution < -0.4 is 16.4 Å². The van der Waals surface area contributed by atoms with Gasteiger partial charge in [-0.1, -0.05) is 13.8 Å². The minimum atomic E-state index is -0.209. The average molecular weight is 265 g/mol. The molecule has 0 radical (unpaired) electrons. The monoisotopic (exact) mass is 265 g/mol. The fourth-order valence-corrected chi connectivity index (χ4v) is 1.77. The van der Waals surface area contributed by atoms with E-state index in [0.29, 0.717) is 30.5 Å². The number of aromatic nitrogens is 2. The summed E-state index contributed by atoms with van der Waals surface area (Å²) in [6.45, 7) is 7.27. The van der Waals surface area contributed by atoms with Crippen LogP contribution in [0.4, 0.5) is 5.82 Å². The van der Waals surface area contributed by atoms with Crippen LogP contribution in [0.1, 0.15) is 37.7 Å². The third-order valence-electron chi connectivity index (χ3n) is 2.63. The number of amides is 1. The molecule has 0 aromatic carbocycles. The highest BCUT2D eigenvalue weighted by molar-refractivity contribution is 5.92. The molecule has 0 saturated carbocycles. The molecule has 6 heteroatoms. The maximum absolute atomic E-state index is 11.5. The Hall–Kier alpha value is -1.69. The van der Waals surface area contributed by atoms with Crippen molar-refractivity contribution in [1.29, 1.82) is 0 Å². The molecule has 1 aromatic heterocycles. The second kappa shape index (κ2) is 7.68. The smallest absolute Gasteiger partial charge is 0.271 e. The Morgan fingerprint density at radius 1 is 1.37 bits per heavy atom. The molecule has 0 aliphatic rings. The summed E-state index contributed by atoms with van der Waals surface area (Å²) in [6, 6.07) is 3.58. The molecule has 106 valence electrons. The summed E-state index contributed by atoms with van der Waals surface area (Å²) in [6.07, 6.45) is 0.969. The van der Waals surface area contributed by atoms with E-state index in [1.54, 1.807) is 12.1 Å². The molecular formula is C13H23N5O. The summed E-state index contributed by atoms with van der Waals surface area (Å²) < 4.78 is 0. The third kappa shape index (κ3) is 5.21. The van der Waals surface area contributed by atoms with Gasteiger partial charge in [-0.25, -0.2) is 0 Å². The molecule has 0 aliphatic carbocycles. The molecule has 1 unspecified atom stereocenters. The first-order valence-corrected chi connectivity index (χ1v) is 6.65. The molecular weight excluding hydrogens is 242 g/mol. The normalized spacial score (nSPS) is 12.3. The third-order valence-corrected chi connectivity index (χ3v) is 2.63. The van der Waals surface area contributed by atoms with Gasteiger partial charge in [0.1, 0.15) is 5.82 Å². The fourth-order valence-electron chi connectivity index (χ4n) is 1.77. The average Bonchev–Trinajstić information content (AvgIpc) is 2.38. The molecule has 4 N–H and O–H groups in total. The lowest BCUT2D eigenvalue weighted by atomic mass is 10.0. The van der Waals surface area contributed by atoms with Crippen LogP contribution in [-0.2, 0) is 0 Å². The van der Waals surface area contributed by atoms with Gasteiger partial charge in [-0.2, -0.15) is 0 Å². The maximum atomic E-state index is 11.5. The minimum absolute atomic E-state index is 0.171. The minimum Gasteiger partial charge on any atom is -0.365 e. The molecule has 1 amide bonds. The summed E-state index contributed by atoms with van der Waals surface area (Å²) in [4.78, 5) is 11.5. The van der Waals surface area contributed by atoms with Crippen LogP contribution in [0.3, 0.4) is 0 Å². The van der Waals surface area contributed by atoms with E-state index in [4.69, 9.17) is 5.73 Å². The van der Waals surface area contributed by atoms with Gasteiger partial charge in [0.05, 0.1) is 0 Å². The van der Waals surface area contributed by atoms with Gasteiger partial charge in [0.15, 0.2) is 5.69 Å². The Labute approximate surface area is 114 Å². The number of hydrogen-bond donors (Lipinski definition) is 3. The van der Waals surface area contributed by atoms with E-state index in [9.17, 15) is 4.79 Å². The zero-order valence-electron chi connectivity index (χ0n) is 11.8. The van der Waals surface area contributed by atoms with Crippen LogP contribution in [0.5, 0.6) is 0 Å². The molecule has 0 spiro atoms. The molecule has 6 nitrogen and oxygen atoms in total. The number of carbonyl (C=O) groups is 1. The zero-order chi connectivity index (χ0) is 14.3. The van der Waals surface area contributed by atoms with E-state index < -0.39 is 0 Å². The van der Waals surface area contributed by atoms with Crippen molar-refractivity contribution < 1.29 is 4.79 Å². The molecule has 0 aliphatic heterocycles. The Bertz CT molecular complexity index is 391. The summed E-state index contributed by atoms with van der Waals surface area (Å²) in [5.74, 6) is 0.992. The van der Waals surface area contributed by atoms with Gasteiger partial charge in [0, 0.05) is 19.1 Å². The number of nitrogens with one attached hydrogen (secondary N) is 2. The molecule has 1 aromatic rings. The SMILES string of the molecule is CCNC(=O)c1ccc(NC(CN)CC(C)C)nn1. The van der Waals surface area contributed by atoms with Crippen LogP contribution in [0, 0.1) is 5.92 Å². The summed E-state index contributed by atoms with van der Waals surface area (Å²) >= 11 is 0. The van der Waals surface area contributed by atoms with Crippen molar-refractivity contribution in [2.45, 2.75) is 33.2 Å². The summed E-state index contributed by atoms with van der Waals surface area (Å²) in [7, 11) is 0. The number of carbonyl (C=O) groups excluding carboxylic acids is 1. The topological polar surface area (TPSA) is 92.9 Å². The predicted molar refractivity (Wildman–Crippen MR) is 76.0 cm³/mol. The first-order valence-electron chi connectivity index (χ1n) is 6.65. The highest BCUT2D eigenvalue weighted by Crippen LogP contribution is 2.10. The first kappa shape index (κ1) is 15.4. The summed E-state index contributed by atoms with van der Waals surface area (Å²) in [5, 5.41) is 13.8. The van der Waals surface area contributed by atoms with Crippen molar-refractivity contribution in [3.8, 4) is 0 Å². The van der Waals surface area contributed by atoms with E-state index in [1.807, 2.05) is 6.92 Å². The molecule has 1 atom stereocenters. The quantitative estimate of drug-likeness (QED) is 0.684. The van der Waals surface area contributed by atoms with E-state index in [-0.39, 0.29) is 11.9 Å². The van der Waals surface area contributed by atoms with Crippen molar-refractivity contribution in [2.24, 2.45) is 11.7 Å². The lowest BCUT2D eigenvalue weighted by molar-refractivity contribution is 0.0950. The van der Waals surface area contributed by atoms with Gasteiger partial charge < -0.3 is 16.4 Å². The molecule has 19 heavy (non-hydrogen) atoms. The Kier molecular flexibility index (Phi) is 6.21. The van der Waals surface area contributed by atoms with Gasteiger partial charge in [0.2, 0.25) is 0 Å². The maximum Gasteiger partial charge on any atom is 0.271 e. The van der Waals surface area contributed by atoms with Gasteiger partial charge in [0.25, 0.3) is 5.91 Å². The number of anilines is 1. The zero-order valence-corrected chi connectivity index (χ0v) is 11.8. The van der Waals surface area contributed by atoms with Crippen LogP contribution in [0.15, 0.2) is 12.1 Å². The van der Waals surface area contributed by atoms with E-state index in [0.717, 1.165) is 6.42 Å². The predicted octanol–water partition coefficient (Wildman–Crippen LogP) is 1.01. The second-order valence-corrected chi connectivity index (χ2v) is 4.87. The van der Waals surface area contributed by atoms with E-state index in [1.165, 1.54) is 0 Å². The van der Waals surface area contributed by atoms with Crippen LogP contribution >= 0.6 is 0 Å². The lowest BCUT2D eigenvalue weighted by Gasteiger charge is -2.18. The Morgan fingerprint density at radius 3 is 2.58 bits per heavy atom. The number of hydrogen-bond acceptors (Lipinski definition) is 5. The molecule has 0 saturated heterocycles. The number of rotatable bonds is 7. The lowest BCUT2D eigenvalue weighted by Crippen LogP contribution is -2.31. The van der Waals surface area contributed by atoms with Crippen LogP contribution in [0.2, 0.25) is 0 Å². The van der Waals surface area contributed by atoms with Crippen LogP contribution in [-0.4, -0.2) is 35.2 Å². The van der Waals surface area contributed by atoms with Crippen molar-refractivity contribution in [3.63, 3.8) is 0 Å².